The van der Waals surface area contributed by atoms with Gasteiger partial charge in [-0.3, -0.25) is 9.59 Å². The minimum atomic E-state index is -0.943. The van der Waals surface area contributed by atoms with Crippen LogP contribution >= 0.6 is 23.2 Å². The van der Waals surface area contributed by atoms with E-state index in [1.54, 1.807) is 24.2 Å². The Labute approximate surface area is 145 Å². The average Bonchev–Trinajstić information content (AvgIpc) is 2.91. The third kappa shape index (κ3) is 3.22. The van der Waals surface area contributed by atoms with Crippen LogP contribution < -0.4 is 5.32 Å². The molecule has 1 aromatic heterocycles. The van der Waals surface area contributed by atoms with Gasteiger partial charge in [0, 0.05) is 19.0 Å². The van der Waals surface area contributed by atoms with Crippen molar-refractivity contribution in [2.24, 2.45) is 11.3 Å². The summed E-state index contributed by atoms with van der Waals surface area (Å²) < 4.78 is 4.25. The van der Waals surface area contributed by atoms with Crippen molar-refractivity contribution in [2.45, 2.75) is 37.1 Å². The molecular weight excluding hydrogens is 339 g/mol. The fraction of sp³-hybridized carbons (Fsp3) is 0.625. The van der Waals surface area contributed by atoms with Gasteiger partial charge in [-0.25, -0.2) is 0 Å². The van der Waals surface area contributed by atoms with Crippen LogP contribution in [-0.2, 0) is 16.1 Å². The van der Waals surface area contributed by atoms with E-state index in [9.17, 15) is 9.59 Å². The van der Waals surface area contributed by atoms with E-state index in [-0.39, 0.29) is 17.7 Å². The molecule has 2 heterocycles. The number of alkyl halides is 2. The molecule has 1 aliphatic heterocycles. The van der Waals surface area contributed by atoms with Gasteiger partial charge >= 0.3 is 0 Å². The average molecular weight is 359 g/mol. The number of hydrogen-bond acceptors (Lipinski definition) is 3. The second-order valence-corrected chi connectivity index (χ2v) is 8.06. The molecule has 1 aliphatic carbocycles. The minimum Gasteiger partial charge on any atom is -0.467 e. The van der Waals surface area contributed by atoms with Crippen molar-refractivity contribution in [3.8, 4) is 0 Å². The maximum Gasteiger partial charge on any atom is 0.231 e. The normalized spacial score (nSPS) is 26.8. The number of nitrogens with one attached hydrogen (secondary N) is 1. The van der Waals surface area contributed by atoms with Gasteiger partial charge in [0.1, 0.15) is 10.1 Å². The van der Waals surface area contributed by atoms with Gasteiger partial charge in [-0.05, 0) is 38.3 Å². The fourth-order valence-electron chi connectivity index (χ4n) is 3.06. The molecule has 126 valence electrons. The Balaban J connectivity index is 1.47. The van der Waals surface area contributed by atoms with Crippen LogP contribution in [0.25, 0.3) is 0 Å². The van der Waals surface area contributed by atoms with Crippen LogP contribution in [0.4, 0.5) is 0 Å². The van der Waals surface area contributed by atoms with Crippen LogP contribution in [0.1, 0.15) is 31.9 Å². The van der Waals surface area contributed by atoms with Crippen molar-refractivity contribution < 1.29 is 14.0 Å². The number of rotatable bonds is 4. The molecule has 1 N–H and O–H groups in total. The maximum atomic E-state index is 12.5. The van der Waals surface area contributed by atoms with Crippen molar-refractivity contribution in [1.82, 2.24) is 10.2 Å². The number of halogens is 2. The number of furan rings is 1. The fourth-order valence-corrected chi connectivity index (χ4v) is 3.75. The van der Waals surface area contributed by atoms with Crippen molar-refractivity contribution >= 4 is 35.0 Å². The Morgan fingerprint density at radius 3 is 2.57 bits per heavy atom. The summed E-state index contributed by atoms with van der Waals surface area (Å²) in [6.07, 6.45) is 3.39. The first kappa shape index (κ1) is 16.7. The number of amides is 2. The standard InChI is InChI=1S/C16H20Cl2N2O3/c1-15(10-16(15,17)18)14(22)20-6-4-11(5-7-20)13(21)19-9-12-3-2-8-23-12/h2-3,8,11H,4-7,9-10H2,1H3,(H,19,21)/t15-/m1/s1. The van der Waals surface area contributed by atoms with E-state index in [4.69, 9.17) is 27.6 Å². The lowest BCUT2D eigenvalue weighted by Gasteiger charge is -2.33. The van der Waals surface area contributed by atoms with E-state index in [0.717, 1.165) is 5.76 Å². The van der Waals surface area contributed by atoms with Gasteiger partial charge in [-0.1, -0.05) is 0 Å². The Hall–Kier alpha value is -1.20. The van der Waals surface area contributed by atoms with Gasteiger partial charge in [0.2, 0.25) is 11.8 Å². The van der Waals surface area contributed by atoms with Crippen molar-refractivity contribution in [3.05, 3.63) is 24.2 Å². The second-order valence-electron chi connectivity index (χ2n) is 6.58. The minimum absolute atomic E-state index is 0.00283. The summed E-state index contributed by atoms with van der Waals surface area (Å²) >= 11 is 12.2. The first-order valence-corrected chi connectivity index (χ1v) is 8.56. The molecule has 0 spiro atoms. The number of nitrogens with zero attached hydrogens (tertiary/aromatic N) is 1. The highest BCUT2D eigenvalue weighted by Gasteiger charge is 2.68. The molecule has 1 aromatic rings. The second kappa shape index (κ2) is 6.02. The van der Waals surface area contributed by atoms with Crippen molar-refractivity contribution in [3.63, 3.8) is 0 Å². The molecule has 2 aliphatic rings. The highest BCUT2D eigenvalue weighted by molar-refractivity contribution is 6.53. The first-order chi connectivity index (χ1) is 10.8. The smallest absolute Gasteiger partial charge is 0.231 e. The SMILES string of the molecule is C[C@]1(C(=O)N2CCC(C(=O)NCc3ccco3)CC2)CC1(Cl)Cl. The van der Waals surface area contributed by atoms with Crippen LogP contribution in [0.15, 0.2) is 22.8 Å². The van der Waals surface area contributed by atoms with Crippen LogP contribution in [-0.4, -0.2) is 34.1 Å². The Bertz CT molecular complexity index is 594. The van der Waals surface area contributed by atoms with Crippen LogP contribution in [0.2, 0.25) is 0 Å². The van der Waals surface area contributed by atoms with Gasteiger partial charge in [0.15, 0.2) is 0 Å². The number of piperidine rings is 1. The van der Waals surface area contributed by atoms with Gasteiger partial charge in [0.25, 0.3) is 0 Å². The lowest BCUT2D eigenvalue weighted by atomic mass is 9.94. The molecule has 3 rings (SSSR count). The largest absolute Gasteiger partial charge is 0.467 e. The molecular formula is C16H20Cl2N2O3. The number of likely N-dealkylation sites (tertiary alicyclic amines) is 1. The molecule has 0 radical (unpaired) electrons. The van der Waals surface area contributed by atoms with E-state index >= 15 is 0 Å². The third-order valence-electron chi connectivity index (χ3n) is 4.90. The number of carbonyl (C=O) groups is 2. The topological polar surface area (TPSA) is 62.6 Å². The first-order valence-electron chi connectivity index (χ1n) is 7.81. The van der Waals surface area contributed by atoms with E-state index < -0.39 is 9.75 Å². The molecule has 0 bridgehead atoms. The molecule has 5 nitrogen and oxygen atoms in total. The summed E-state index contributed by atoms with van der Waals surface area (Å²) in [5.41, 5.74) is -0.676. The molecule has 2 fully saturated rings. The summed E-state index contributed by atoms with van der Waals surface area (Å²) in [5.74, 6) is 0.665. The molecule has 0 aromatic carbocycles. The zero-order valence-corrected chi connectivity index (χ0v) is 14.5. The Kier molecular flexibility index (Phi) is 4.36. The zero-order chi connectivity index (χ0) is 16.7. The molecule has 23 heavy (non-hydrogen) atoms. The quantitative estimate of drug-likeness (QED) is 0.841. The van der Waals surface area contributed by atoms with Gasteiger partial charge in [-0.15, -0.1) is 23.2 Å². The Morgan fingerprint density at radius 2 is 2.04 bits per heavy atom. The molecule has 7 heteroatoms. The van der Waals surface area contributed by atoms with E-state index in [2.05, 4.69) is 5.32 Å². The lowest BCUT2D eigenvalue weighted by molar-refractivity contribution is -0.140. The van der Waals surface area contributed by atoms with Crippen LogP contribution in [0.3, 0.4) is 0 Å². The zero-order valence-electron chi connectivity index (χ0n) is 13.0. The molecule has 0 unspecified atom stereocenters. The van der Waals surface area contributed by atoms with E-state index in [1.165, 1.54) is 0 Å². The predicted molar refractivity (Wildman–Crippen MR) is 87.0 cm³/mol. The number of carbonyl (C=O) groups excluding carboxylic acids is 2. The molecule has 1 saturated carbocycles. The maximum absolute atomic E-state index is 12.5. The molecule has 2 amide bonds. The van der Waals surface area contributed by atoms with Gasteiger partial charge in [-0.2, -0.15) is 0 Å². The summed E-state index contributed by atoms with van der Waals surface area (Å²) in [4.78, 5) is 26.5. The van der Waals surface area contributed by atoms with E-state index in [0.29, 0.717) is 38.9 Å². The predicted octanol–water partition coefficient (Wildman–Crippen LogP) is 2.72. The summed E-state index contributed by atoms with van der Waals surface area (Å²) in [7, 11) is 0. The highest BCUT2D eigenvalue weighted by atomic mass is 35.5. The van der Waals surface area contributed by atoms with Crippen molar-refractivity contribution in [1.29, 1.82) is 0 Å². The Morgan fingerprint density at radius 1 is 1.39 bits per heavy atom. The summed E-state index contributed by atoms with van der Waals surface area (Å²) in [5, 5.41) is 2.88. The van der Waals surface area contributed by atoms with Crippen LogP contribution in [0.5, 0.6) is 0 Å². The summed E-state index contributed by atoms with van der Waals surface area (Å²) in [6.45, 7) is 3.33. The molecule has 1 saturated heterocycles. The van der Waals surface area contributed by atoms with Gasteiger partial charge in [0.05, 0.1) is 18.2 Å². The van der Waals surface area contributed by atoms with Gasteiger partial charge < -0.3 is 14.6 Å². The van der Waals surface area contributed by atoms with E-state index in [1.807, 2.05) is 6.07 Å². The van der Waals surface area contributed by atoms with Crippen molar-refractivity contribution in [2.75, 3.05) is 13.1 Å². The van der Waals surface area contributed by atoms with Crippen LogP contribution in [0, 0.1) is 11.3 Å². The highest BCUT2D eigenvalue weighted by Crippen LogP contribution is 2.64. The molecule has 1 atom stereocenters. The lowest BCUT2D eigenvalue weighted by Crippen LogP contribution is -2.46. The number of hydrogen-bond donors (Lipinski definition) is 1. The summed E-state index contributed by atoms with van der Waals surface area (Å²) in [6, 6.07) is 3.61. The third-order valence-corrected chi connectivity index (χ3v) is 6.00. The monoisotopic (exact) mass is 358 g/mol.